The van der Waals surface area contributed by atoms with E-state index in [0.717, 1.165) is 12.5 Å². The molecular formula is C15H31NO2. The third-order valence-corrected chi connectivity index (χ3v) is 4.08. The van der Waals surface area contributed by atoms with Gasteiger partial charge < -0.3 is 15.2 Å². The van der Waals surface area contributed by atoms with Crippen molar-refractivity contribution < 1.29 is 9.84 Å². The molecule has 0 aromatic carbocycles. The van der Waals surface area contributed by atoms with Gasteiger partial charge in [-0.1, -0.05) is 40.5 Å². The normalized spacial score (nSPS) is 30.7. The first-order valence-corrected chi connectivity index (χ1v) is 7.50. The second-order valence-corrected chi connectivity index (χ2v) is 6.37. The van der Waals surface area contributed by atoms with Crippen molar-refractivity contribution in [3.8, 4) is 0 Å². The first-order valence-electron chi connectivity index (χ1n) is 7.50. The van der Waals surface area contributed by atoms with Gasteiger partial charge in [-0.15, -0.1) is 0 Å². The summed E-state index contributed by atoms with van der Waals surface area (Å²) in [6, 6.07) is 0.563. The fraction of sp³-hybridized carbons (Fsp3) is 1.00. The highest BCUT2D eigenvalue weighted by Crippen LogP contribution is 2.29. The van der Waals surface area contributed by atoms with Crippen molar-refractivity contribution in [2.45, 2.75) is 59.1 Å². The van der Waals surface area contributed by atoms with Gasteiger partial charge in [-0.25, -0.2) is 0 Å². The zero-order chi connectivity index (χ0) is 13.5. The molecule has 0 aromatic rings. The first kappa shape index (κ1) is 15.9. The SMILES string of the molecule is CC(C)COCC(O)CNC1CCCC(C)C1C. The molecule has 108 valence electrons. The van der Waals surface area contributed by atoms with Gasteiger partial charge in [-0.3, -0.25) is 0 Å². The van der Waals surface area contributed by atoms with Gasteiger partial charge in [-0.2, -0.15) is 0 Å². The van der Waals surface area contributed by atoms with Crippen molar-refractivity contribution in [2.24, 2.45) is 17.8 Å². The van der Waals surface area contributed by atoms with E-state index >= 15 is 0 Å². The van der Waals surface area contributed by atoms with Crippen LogP contribution in [0.3, 0.4) is 0 Å². The van der Waals surface area contributed by atoms with E-state index < -0.39 is 0 Å². The number of ether oxygens (including phenoxy) is 1. The molecule has 3 heteroatoms. The molecular weight excluding hydrogens is 226 g/mol. The summed E-state index contributed by atoms with van der Waals surface area (Å²) in [4.78, 5) is 0. The lowest BCUT2D eigenvalue weighted by Gasteiger charge is -2.35. The van der Waals surface area contributed by atoms with Gasteiger partial charge in [0.15, 0.2) is 0 Å². The Labute approximate surface area is 112 Å². The van der Waals surface area contributed by atoms with Crippen LogP contribution in [0.5, 0.6) is 0 Å². The summed E-state index contributed by atoms with van der Waals surface area (Å²) in [5, 5.41) is 13.4. The Kier molecular flexibility index (Phi) is 7.20. The summed E-state index contributed by atoms with van der Waals surface area (Å²) in [5.74, 6) is 2.04. The van der Waals surface area contributed by atoms with Crippen LogP contribution in [0.2, 0.25) is 0 Å². The largest absolute Gasteiger partial charge is 0.389 e. The van der Waals surface area contributed by atoms with Crippen LogP contribution in [0.4, 0.5) is 0 Å². The maximum absolute atomic E-state index is 9.86. The standard InChI is InChI=1S/C15H31NO2/c1-11(2)9-18-10-14(17)8-16-15-7-5-6-12(3)13(15)4/h11-17H,5-10H2,1-4H3. The molecule has 0 aromatic heterocycles. The molecule has 3 nitrogen and oxygen atoms in total. The minimum atomic E-state index is -0.381. The molecule has 4 unspecified atom stereocenters. The average molecular weight is 257 g/mol. The molecule has 0 radical (unpaired) electrons. The predicted molar refractivity (Wildman–Crippen MR) is 75.6 cm³/mol. The molecule has 0 heterocycles. The quantitative estimate of drug-likeness (QED) is 0.736. The van der Waals surface area contributed by atoms with E-state index in [1.807, 2.05) is 0 Å². The summed E-state index contributed by atoms with van der Waals surface area (Å²) in [6.45, 7) is 10.7. The van der Waals surface area contributed by atoms with E-state index in [4.69, 9.17) is 4.74 Å². The van der Waals surface area contributed by atoms with Crippen LogP contribution in [0.15, 0.2) is 0 Å². The second kappa shape index (κ2) is 8.13. The summed E-state index contributed by atoms with van der Waals surface area (Å²) in [5.41, 5.74) is 0. The highest BCUT2D eigenvalue weighted by Gasteiger charge is 2.26. The Morgan fingerprint density at radius 1 is 1.22 bits per heavy atom. The highest BCUT2D eigenvalue weighted by molar-refractivity contribution is 4.82. The zero-order valence-corrected chi connectivity index (χ0v) is 12.5. The van der Waals surface area contributed by atoms with Crippen LogP contribution >= 0.6 is 0 Å². The molecule has 0 bridgehead atoms. The fourth-order valence-corrected chi connectivity index (χ4v) is 2.66. The van der Waals surface area contributed by atoms with Crippen molar-refractivity contribution in [3.63, 3.8) is 0 Å². The smallest absolute Gasteiger partial charge is 0.0897 e. The lowest BCUT2D eigenvalue weighted by molar-refractivity contribution is 0.0226. The molecule has 0 amide bonds. The monoisotopic (exact) mass is 257 g/mol. The van der Waals surface area contributed by atoms with Gasteiger partial charge in [0.1, 0.15) is 0 Å². The number of rotatable bonds is 7. The van der Waals surface area contributed by atoms with Gasteiger partial charge in [0.25, 0.3) is 0 Å². The van der Waals surface area contributed by atoms with Gasteiger partial charge in [-0.05, 0) is 24.2 Å². The molecule has 1 rings (SSSR count). The molecule has 1 fully saturated rings. The molecule has 1 aliphatic carbocycles. The van der Waals surface area contributed by atoms with Crippen molar-refractivity contribution in [1.29, 1.82) is 0 Å². The number of aliphatic hydroxyl groups excluding tert-OH is 1. The van der Waals surface area contributed by atoms with Gasteiger partial charge >= 0.3 is 0 Å². The maximum atomic E-state index is 9.86. The van der Waals surface area contributed by atoms with Crippen LogP contribution < -0.4 is 5.32 Å². The van der Waals surface area contributed by atoms with E-state index in [1.54, 1.807) is 0 Å². The van der Waals surface area contributed by atoms with Crippen molar-refractivity contribution in [1.82, 2.24) is 5.32 Å². The Bertz CT molecular complexity index is 221. The predicted octanol–water partition coefficient (Wildman–Crippen LogP) is 2.43. The Morgan fingerprint density at radius 3 is 2.61 bits per heavy atom. The van der Waals surface area contributed by atoms with Crippen LogP contribution in [0.25, 0.3) is 0 Å². The summed E-state index contributed by atoms with van der Waals surface area (Å²) in [7, 11) is 0. The molecule has 0 spiro atoms. The number of hydrogen-bond donors (Lipinski definition) is 2. The topological polar surface area (TPSA) is 41.5 Å². The van der Waals surface area contributed by atoms with Crippen LogP contribution in [-0.2, 0) is 4.74 Å². The van der Waals surface area contributed by atoms with Crippen LogP contribution in [0, 0.1) is 17.8 Å². The Hall–Kier alpha value is -0.120. The van der Waals surface area contributed by atoms with Gasteiger partial charge in [0.2, 0.25) is 0 Å². The van der Waals surface area contributed by atoms with E-state index in [9.17, 15) is 5.11 Å². The van der Waals surface area contributed by atoms with E-state index in [-0.39, 0.29) is 6.10 Å². The Morgan fingerprint density at radius 2 is 1.94 bits per heavy atom. The highest BCUT2D eigenvalue weighted by atomic mass is 16.5. The van der Waals surface area contributed by atoms with E-state index in [2.05, 4.69) is 33.0 Å². The molecule has 1 aliphatic rings. The molecule has 18 heavy (non-hydrogen) atoms. The summed E-state index contributed by atoms with van der Waals surface area (Å²) in [6.07, 6.45) is 3.52. The van der Waals surface area contributed by atoms with Crippen molar-refractivity contribution in [3.05, 3.63) is 0 Å². The summed E-state index contributed by atoms with van der Waals surface area (Å²) < 4.78 is 5.45. The van der Waals surface area contributed by atoms with Crippen LogP contribution in [-0.4, -0.2) is 37.0 Å². The first-order chi connectivity index (χ1) is 8.50. The number of aliphatic hydroxyl groups is 1. The van der Waals surface area contributed by atoms with Crippen LogP contribution in [0.1, 0.15) is 47.0 Å². The lowest BCUT2D eigenvalue weighted by atomic mass is 9.78. The molecule has 1 saturated carbocycles. The maximum Gasteiger partial charge on any atom is 0.0897 e. The van der Waals surface area contributed by atoms with E-state index in [0.29, 0.717) is 31.0 Å². The minimum absolute atomic E-state index is 0.381. The molecule has 0 saturated heterocycles. The molecule has 0 aliphatic heterocycles. The van der Waals surface area contributed by atoms with Gasteiger partial charge in [0.05, 0.1) is 12.7 Å². The van der Waals surface area contributed by atoms with Crippen molar-refractivity contribution >= 4 is 0 Å². The van der Waals surface area contributed by atoms with E-state index in [1.165, 1.54) is 19.3 Å². The number of nitrogens with one attached hydrogen (secondary N) is 1. The third-order valence-electron chi connectivity index (χ3n) is 4.08. The summed E-state index contributed by atoms with van der Waals surface area (Å²) >= 11 is 0. The Balaban J connectivity index is 2.15. The molecule has 2 N–H and O–H groups in total. The average Bonchev–Trinajstić information content (AvgIpc) is 2.30. The minimum Gasteiger partial charge on any atom is -0.389 e. The fourth-order valence-electron chi connectivity index (χ4n) is 2.66. The second-order valence-electron chi connectivity index (χ2n) is 6.37. The zero-order valence-electron chi connectivity index (χ0n) is 12.5. The molecule has 4 atom stereocenters. The van der Waals surface area contributed by atoms with Crippen molar-refractivity contribution in [2.75, 3.05) is 19.8 Å². The number of hydrogen-bond acceptors (Lipinski definition) is 3. The lowest BCUT2D eigenvalue weighted by Crippen LogP contribution is -2.44. The third kappa shape index (κ3) is 5.68. The van der Waals surface area contributed by atoms with Gasteiger partial charge in [0, 0.05) is 19.2 Å².